The zero-order chi connectivity index (χ0) is 14.7. The first-order valence-corrected chi connectivity index (χ1v) is 6.09. The van der Waals surface area contributed by atoms with Crippen molar-refractivity contribution in [1.29, 1.82) is 5.26 Å². The van der Waals surface area contributed by atoms with Crippen molar-refractivity contribution in [3.05, 3.63) is 64.2 Å². The third-order valence-electron chi connectivity index (χ3n) is 2.97. The fourth-order valence-corrected chi connectivity index (χ4v) is 2.05. The van der Waals surface area contributed by atoms with Crippen LogP contribution in [0.15, 0.2) is 30.3 Å². The van der Waals surface area contributed by atoms with Crippen molar-refractivity contribution >= 4 is 0 Å². The van der Waals surface area contributed by atoms with Gasteiger partial charge < -0.3 is 4.74 Å². The molecule has 2 aromatic rings. The molecule has 102 valence electrons. The molecule has 0 aromatic heterocycles. The van der Waals surface area contributed by atoms with Gasteiger partial charge in [0.25, 0.3) is 0 Å². The van der Waals surface area contributed by atoms with Crippen LogP contribution in [0.3, 0.4) is 0 Å². The van der Waals surface area contributed by atoms with Crippen LogP contribution in [0.25, 0.3) is 0 Å². The summed E-state index contributed by atoms with van der Waals surface area (Å²) in [4.78, 5) is 0. The van der Waals surface area contributed by atoms with Gasteiger partial charge in [-0.1, -0.05) is 0 Å². The molecule has 2 rings (SSSR count). The van der Waals surface area contributed by atoms with E-state index in [9.17, 15) is 8.78 Å². The highest BCUT2D eigenvalue weighted by molar-refractivity contribution is 5.47. The van der Waals surface area contributed by atoms with Crippen LogP contribution in [0.5, 0.6) is 5.75 Å². The van der Waals surface area contributed by atoms with Gasteiger partial charge in [0.05, 0.1) is 11.6 Å². The molecule has 0 saturated carbocycles. The molecule has 0 fully saturated rings. The highest BCUT2D eigenvalue weighted by atomic mass is 19.1. The second-order valence-electron chi connectivity index (χ2n) is 4.58. The summed E-state index contributed by atoms with van der Waals surface area (Å²) < 4.78 is 32.1. The summed E-state index contributed by atoms with van der Waals surface area (Å²) in [6, 6.07) is 8.72. The minimum atomic E-state index is -0.504. The largest absolute Gasteiger partial charge is 0.488 e. The summed E-state index contributed by atoms with van der Waals surface area (Å²) in [5.74, 6) is -0.415. The zero-order valence-corrected chi connectivity index (χ0v) is 11.2. The Kier molecular flexibility index (Phi) is 3.99. The fourth-order valence-electron chi connectivity index (χ4n) is 2.05. The summed E-state index contributed by atoms with van der Waals surface area (Å²) >= 11 is 0. The van der Waals surface area contributed by atoms with Crippen molar-refractivity contribution in [2.24, 2.45) is 0 Å². The Morgan fingerprint density at radius 1 is 1.10 bits per heavy atom. The molecule has 0 N–H and O–H groups in total. The molecule has 0 spiro atoms. The molecule has 20 heavy (non-hydrogen) atoms. The van der Waals surface area contributed by atoms with Crippen molar-refractivity contribution in [1.82, 2.24) is 0 Å². The van der Waals surface area contributed by atoms with Gasteiger partial charge in [-0.3, -0.25) is 0 Å². The van der Waals surface area contributed by atoms with Crippen LogP contribution in [-0.2, 0) is 6.61 Å². The van der Waals surface area contributed by atoms with E-state index in [0.717, 1.165) is 29.3 Å². The van der Waals surface area contributed by atoms with Crippen LogP contribution in [0.2, 0.25) is 0 Å². The Bertz CT molecular complexity index is 666. The lowest BCUT2D eigenvalue weighted by atomic mass is 10.1. The van der Waals surface area contributed by atoms with E-state index in [1.54, 1.807) is 12.1 Å². The minimum Gasteiger partial charge on any atom is -0.488 e. The molecule has 0 amide bonds. The number of ether oxygens (including phenoxy) is 1. The molecule has 0 aliphatic heterocycles. The lowest BCUT2D eigenvalue weighted by Gasteiger charge is -2.13. The highest BCUT2D eigenvalue weighted by Gasteiger charge is 2.09. The van der Waals surface area contributed by atoms with Gasteiger partial charge in [0, 0.05) is 5.56 Å². The molecule has 0 unspecified atom stereocenters. The third kappa shape index (κ3) is 2.94. The molecule has 2 aromatic carbocycles. The molecule has 0 aliphatic carbocycles. The van der Waals surface area contributed by atoms with E-state index in [4.69, 9.17) is 10.00 Å². The van der Waals surface area contributed by atoms with Crippen molar-refractivity contribution in [2.75, 3.05) is 0 Å². The number of benzene rings is 2. The number of nitriles is 1. The van der Waals surface area contributed by atoms with Gasteiger partial charge in [-0.15, -0.1) is 0 Å². The van der Waals surface area contributed by atoms with Crippen molar-refractivity contribution in [3.63, 3.8) is 0 Å². The van der Waals surface area contributed by atoms with Gasteiger partial charge in [-0.25, -0.2) is 8.78 Å². The summed E-state index contributed by atoms with van der Waals surface area (Å²) in [5, 5.41) is 8.87. The highest BCUT2D eigenvalue weighted by Crippen LogP contribution is 2.26. The van der Waals surface area contributed by atoms with E-state index in [-0.39, 0.29) is 12.2 Å². The first kappa shape index (κ1) is 14.0. The van der Waals surface area contributed by atoms with E-state index in [2.05, 4.69) is 6.07 Å². The molecule has 4 heteroatoms. The summed E-state index contributed by atoms with van der Waals surface area (Å²) in [6.45, 7) is 3.56. The number of hydrogen-bond donors (Lipinski definition) is 0. The fraction of sp³-hybridized carbons (Fsp3) is 0.188. The van der Waals surface area contributed by atoms with Gasteiger partial charge in [-0.2, -0.15) is 5.26 Å². The van der Waals surface area contributed by atoms with Gasteiger partial charge >= 0.3 is 0 Å². The van der Waals surface area contributed by atoms with E-state index in [0.29, 0.717) is 11.3 Å². The minimum absolute atomic E-state index is 0.0584. The predicted octanol–water partition coefficient (Wildman–Crippen LogP) is 4.03. The predicted molar refractivity (Wildman–Crippen MR) is 71.3 cm³/mol. The monoisotopic (exact) mass is 273 g/mol. The molecular weight excluding hydrogens is 260 g/mol. The van der Waals surface area contributed by atoms with Crippen LogP contribution in [-0.4, -0.2) is 0 Å². The zero-order valence-electron chi connectivity index (χ0n) is 11.2. The summed E-state index contributed by atoms with van der Waals surface area (Å²) in [5.41, 5.74) is 2.29. The average Bonchev–Trinajstić information content (AvgIpc) is 2.41. The topological polar surface area (TPSA) is 33.0 Å². The van der Waals surface area contributed by atoms with Gasteiger partial charge in [0.1, 0.15) is 24.0 Å². The Morgan fingerprint density at radius 2 is 1.75 bits per heavy atom. The number of hydrogen-bond acceptors (Lipinski definition) is 2. The summed E-state index contributed by atoms with van der Waals surface area (Å²) in [7, 11) is 0. The van der Waals surface area contributed by atoms with E-state index in [1.807, 2.05) is 13.8 Å². The first-order valence-electron chi connectivity index (χ1n) is 6.09. The van der Waals surface area contributed by atoms with E-state index in [1.165, 1.54) is 0 Å². The third-order valence-corrected chi connectivity index (χ3v) is 2.97. The van der Waals surface area contributed by atoms with Crippen molar-refractivity contribution in [2.45, 2.75) is 20.5 Å². The lowest BCUT2D eigenvalue weighted by Crippen LogP contribution is -2.02. The van der Waals surface area contributed by atoms with Crippen LogP contribution in [0.1, 0.15) is 22.3 Å². The van der Waals surface area contributed by atoms with Gasteiger partial charge in [-0.05, 0) is 55.3 Å². The Balaban J connectivity index is 2.23. The maximum atomic E-state index is 13.5. The Labute approximate surface area is 116 Å². The standard InChI is InChI=1S/C16H13F2NO/c1-10-5-12(8-19)6-11(2)16(10)20-9-13-7-14(17)3-4-15(13)18/h3-7H,9H2,1-2H3. The molecule has 0 atom stereocenters. The number of halogens is 2. The van der Waals surface area contributed by atoms with E-state index >= 15 is 0 Å². The maximum absolute atomic E-state index is 13.5. The molecule has 2 nitrogen and oxygen atoms in total. The normalized spacial score (nSPS) is 10.2. The summed E-state index contributed by atoms with van der Waals surface area (Å²) in [6.07, 6.45) is 0. The lowest BCUT2D eigenvalue weighted by molar-refractivity contribution is 0.295. The van der Waals surface area contributed by atoms with Crippen LogP contribution in [0.4, 0.5) is 8.78 Å². The van der Waals surface area contributed by atoms with Crippen molar-refractivity contribution in [3.8, 4) is 11.8 Å². The van der Waals surface area contributed by atoms with Crippen molar-refractivity contribution < 1.29 is 13.5 Å². The molecule has 0 bridgehead atoms. The molecule has 0 heterocycles. The smallest absolute Gasteiger partial charge is 0.130 e. The quantitative estimate of drug-likeness (QED) is 0.845. The first-order chi connectivity index (χ1) is 9.51. The Hall–Kier alpha value is -2.41. The number of nitrogens with zero attached hydrogens (tertiary/aromatic N) is 1. The molecule has 0 aliphatic rings. The van der Waals surface area contributed by atoms with Crippen LogP contribution < -0.4 is 4.74 Å². The van der Waals surface area contributed by atoms with E-state index < -0.39 is 11.6 Å². The van der Waals surface area contributed by atoms with Gasteiger partial charge in [0.15, 0.2) is 0 Å². The number of rotatable bonds is 3. The molecule has 0 radical (unpaired) electrons. The maximum Gasteiger partial charge on any atom is 0.130 e. The average molecular weight is 273 g/mol. The second-order valence-corrected chi connectivity index (χ2v) is 4.58. The van der Waals surface area contributed by atoms with Crippen LogP contribution in [0, 0.1) is 36.8 Å². The molecular formula is C16H13F2NO. The Morgan fingerprint density at radius 3 is 2.35 bits per heavy atom. The molecule has 0 saturated heterocycles. The number of aryl methyl sites for hydroxylation is 2. The van der Waals surface area contributed by atoms with Crippen LogP contribution >= 0.6 is 0 Å². The SMILES string of the molecule is Cc1cc(C#N)cc(C)c1OCc1cc(F)ccc1F. The second kappa shape index (κ2) is 5.70. The van der Waals surface area contributed by atoms with Gasteiger partial charge in [0.2, 0.25) is 0 Å².